The van der Waals surface area contributed by atoms with E-state index in [4.69, 9.17) is 9.47 Å². The lowest BCUT2D eigenvalue weighted by Crippen LogP contribution is -2.17. The molecule has 0 spiro atoms. The molecule has 33 heavy (non-hydrogen) atoms. The number of carbonyl (C=O) groups excluding carboxylic acids is 1. The van der Waals surface area contributed by atoms with Gasteiger partial charge in [-0.05, 0) is 71.3 Å². The lowest BCUT2D eigenvalue weighted by Gasteiger charge is -2.13. The van der Waals surface area contributed by atoms with Crippen molar-refractivity contribution in [2.24, 2.45) is 5.10 Å². The monoisotopic (exact) mass is 502 g/mol. The van der Waals surface area contributed by atoms with E-state index < -0.39 is 0 Å². The number of nitrogens with one attached hydrogen (secondary N) is 1. The number of benzene rings is 4. The highest BCUT2D eigenvalue weighted by molar-refractivity contribution is 9.10. The summed E-state index contributed by atoms with van der Waals surface area (Å²) in [4.78, 5) is 12.2. The van der Waals surface area contributed by atoms with Gasteiger partial charge in [0.25, 0.3) is 5.91 Å². The highest BCUT2D eigenvalue weighted by Gasteiger charge is 2.08. The number of halogens is 1. The largest absolute Gasteiger partial charge is 0.490 e. The van der Waals surface area contributed by atoms with Gasteiger partial charge >= 0.3 is 0 Å². The highest BCUT2D eigenvalue weighted by atomic mass is 79.9. The van der Waals surface area contributed by atoms with Crippen LogP contribution in [-0.2, 0) is 6.61 Å². The molecule has 0 atom stereocenters. The molecule has 0 radical (unpaired) electrons. The number of ether oxygens (including phenoxy) is 2. The number of carbonyl (C=O) groups is 1. The summed E-state index contributed by atoms with van der Waals surface area (Å²) in [6, 6.07) is 27.1. The molecule has 1 amide bonds. The minimum atomic E-state index is -0.279. The van der Waals surface area contributed by atoms with Crippen LogP contribution in [0, 0.1) is 0 Å². The van der Waals surface area contributed by atoms with Gasteiger partial charge in [-0.3, -0.25) is 4.79 Å². The van der Waals surface area contributed by atoms with Gasteiger partial charge in [-0.1, -0.05) is 58.4 Å². The molecule has 0 saturated carbocycles. The number of rotatable bonds is 8. The van der Waals surface area contributed by atoms with E-state index in [0.717, 1.165) is 15.6 Å². The summed E-state index contributed by atoms with van der Waals surface area (Å²) in [5.41, 5.74) is 4.96. The Balaban J connectivity index is 1.45. The van der Waals surface area contributed by atoms with Crippen LogP contribution in [0.2, 0.25) is 0 Å². The molecule has 0 fully saturated rings. The summed E-state index contributed by atoms with van der Waals surface area (Å²) in [6.07, 6.45) is 1.58. The zero-order chi connectivity index (χ0) is 23.0. The molecule has 0 unspecified atom stereocenters. The standard InChI is InChI=1S/C27H23BrN2O3/c1-2-32-26-16-19(17-29-30-27(31)21-11-13-23(28)14-12-21)10-15-25(26)33-18-22-8-5-7-20-6-3-4-9-24(20)22/h3-17H,2,18H2,1H3,(H,30,31)/b29-17-. The van der Waals surface area contributed by atoms with Crippen LogP contribution in [0.1, 0.15) is 28.4 Å². The van der Waals surface area contributed by atoms with Gasteiger partial charge in [-0.2, -0.15) is 5.10 Å². The van der Waals surface area contributed by atoms with Crippen LogP contribution in [0.3, 0.4) is 0 Å². The molecule has 4 rings (SSSR count). The van der Waals surface area contributed by atoms with Crippen LogP contribution in [0.5, 0.6) is 11.5 Å². The van der Waals surface area contributed by atoms with Crippen LogP contribution < -0.4 is 14.9 Å². The van der Waals surface area contributed by atoms with E-state index in [1.807, 2.05) is 55.5 Å². The molecule has 0 aliphatic heterocycles. The number of fused-ring (bicyclic) bond motifs is 1. The van der Waals surface area contributed by atoms with E-state index in [9.17, 15) is 4.79 Å². The first-order chi connectivity index (χ1) is 16.1. The predicted molar refractivity (Wildman–Crippen MR) is 135 cm³/mol. The highest BCUT2D eigenvalue weighted by Crippen LogP contribution is 2.30. The Morgan fingerprint density at radius 2 is 1.73 bits per heavy atom. The predicted octanol–water partition coefficient (Wildman–Crippen LogP) is 6.34. The second kappa shape index (κ2) is 10.8. The zero-order valence-electron chi connectivity index (χ0n) is 18.1. The summed E-state index contributed by atoms with van der Waals surface area (Å²) < 4.78 is 12.8. The van der Waals surface area contributed by atoms with Crippen molar-refractivity contribution in [1.82, 2.24) is 5.43 Å². The summed E-state index contributed by atoms with van der Waals surface area (Å²) >= 11 is 3.35. The normalized spacial score (nSPS) is 11.0. The molecule has 1 N–H and O–H groups in total. The van der Waals surface area contributed by atoms with Gasteiger partial charge in [0.05, 0.1) is 12.8 Å². The molecule has 0 saturated heterocycles. The SMILES string of the molecule is CCOc1cc(/C=N\NC(=O)c2ccc(Br)cc2)ccc1OCc1cccc2ccccc12. The van der Waals surface area contributed by atoms with Crippen LogP contribution >= 0.6 is 15.9 Å². The van der Waals surface area contributed by atoms with Gasteiger partial charge in [0, 0.05) is 10.0 Å². The van der Waals surface area contributed by atoms with Crippen molar-refractivity contribution in [3.05, 3.63) is 106 Å². The first-order valence-corrected chi connectivity index (χ1v) is 11.4. The van der Waals surface area contributed by atoms with Gasteiger partial charge in [0.1, 0.15) is 6.61 Å². The number of amides is 1. The Morgan fingerprint density at radius 3 is 2.55 bits per heavy atom. The van der Waals surface area contributed by atoms with Crippen molar-refractivity contribution in [2.45, 2.75) is 13.5 Å². The van der Waals surface area contributed by atoms with E-state index in [2.05, 4.69) is 50.7 Å². The van der Waals surface area contributed by atoms with Gasteiger partial charge in [0.15, 0.2) is 11.5 Å². The van der Waals surface area contributed by atoms with Gasteiger partial charge in [-0.15, -0.1) is 0 Å². The van der Waals surface area contributed by atoms with E-state index in [1.165, 1.54) is 10.8 Å². The summed E-state index contributed by atoms with van der Waals surface area (Å²) in [7, 11) is 0. The fourth-order valence-corrected chi connectivity index (χ4v) is 3.66. The van der Waals surface area contributed by atoms with Crippen molar-refractivity contribution in [3.8, 4) is 11.5 Å². The molecule has 5 nitrogen and oxygen atoms in total. The number of hydrazone groups is 1. The number of nitrogens with zero attached hydrogens (tertiary/aromatic N) is 1. The second-order valence-electron chi connectivity index (χ2n) is 7.27. The lowest BCUT2D eigenvalue weighted by molar-refractivity contribution is 0.0955. The van der Waals surface area contributed by atoms with Crippen molar-refractivity contribution in [1.29, 1.82) is 0 Å². The summed E-state index contributed by atoms with van der Waals surface area (Å²) in [5, 5.41) is 6.42. The fourth-order valence-electron chi connectivity index (χ4n) is 3.40. The van der Waals surface area contributed by atoms with Crippen LogP contribution in [0.25, 0.3) is 10.8 Å². The van der Waals surface area contributed by atoms with Crippen LogP contribution in [0.15, 0.2) is 94.5 Å². The quantitative estimate of drug-likeness (QED) is 0.225. The van der Waals surface area contributed by atoms with Gasteiger partial charge in [0.2, 0.25) is 0 Å². The average molecular weight is 503 g/mol. The molecular weight excluding hydrogens is 480 g/mol. The first-order valence-electron chi connectivity index (χ1n) is 10.6. The molecule has 0 aliphatic rings. The maximum atomic E-state index is 12.2. The molecule has 0 heterocycles. The van der Waals surface area contributed by atoms with Crippen molar-refractivity contribution in [3.63, 3.8) is 0 Å². The minimum absolute atomic E-state index is 0.279. The zero-order valence-corrected chi connectivity index (χ0v) is 19.7. The number of hydrogen-bond donors (Lipinski definition) is 1. The first kappa shape index (κ1) is 22.6. The third kappa shape index (κ3) is 5.79. The van der Waals surface area contributed by atoms with Crippen LogP contribution in [0.4, 0.5) is 0 Å². The van der Waals surface area contributed by atoms with E-state index in [0.29, 0.717) is 30.3 Å². The lowest BCUT2D eigenvalue weighted by atomic mass is 10.1. The maximum Gasteiger partial charge on any atom is 0.271 e. The van der Waals surface area contributed by atoms with Crippen molar-refractivity contribution in [2.75, 3.05) is 6.61 Å². The number of hydrogen-bond acceptors (Lipinski definition) is 4. The molecule has 6 heteroatoms. The summed E-state index contributed by atoms with van der Waals surface area (Å²) in [5.74, 6) is 1.00. The summed E-state index contributed by atoms with van der Waals surface area (Å²) in [6.45, 7) is 2.86. The minimum Gasteiger partial charge on any atom is -0.490 e. The average Bonchev–Trinajstić information content (AvgIpc) is 2.84. The Morgan fingerprint density at radius 1 is 0.939 bits per heavy atom. The Bertz CT molecular complexity index is 1280. The Labute approximate surface area is 201 Å². The molecular formula is C27H23BrN2O3. The molecule has 0 bridgehead atoms. The topological polar surface area (TPSA) is 59.9 Å². The molecule has 0 aliphatic carbocycles. The van der Waals surface area contributed by atoms with Crippen molar-refractivity contribution >= 4 is 38.8 Å². The van der Waals surface area contributed by atoms with Gasteiger partial charge < -0.3 is 9.47 Å². The molecule has 4 aromatic rings. The van der Waals surface area contributed by atoms with E-state index in [-0.39, 0.29) is 5.91 Å². The third-order valence-corrected chi connectivity index (χ3v) is 5.55. The second-order valence-corrected chi connectivity index (χ2v) is 8.19. The smallest absolute Gasteiger partial charge is 0.271 e. The Hall–Kier alpha value is -3.64. The van der Waals surface area contributed by atoms with Crippen molar-refractivity contribution < 1.29 is 14.3 Å². The molecule has 0 aromatic heterocycles. The van der Waals surface area contributed by atoms with E-state index in [1.54, 1.807) is 18.3 Å². The van der Waals surface area contributed by atoms with E-state index >= 15 is 0 Å². The Kier molecular flexibility index (Phi) is 7.37. The maximum absolute atomic E-state index is 12.2. The molecule has 166 valence electrons. The third-order valence-electron chi connectivity index (χ3n) is 5.02. The fraction of sp³-hybridized carbons (Fsp3) is 0.111. The van der Waals surface area contributed by atoms with Crippen LogP contribution in [-0.4, -0.2) is 18.7 Å². The molecule has 4 aromatic carbocycles. The van der Waals surface area contributed by atoms with Gasteiger partial charge in [-0.25, -0.2) is 5.43 Å².